The second kappa shape index (κ2) is 5.65. The number of aromatic nitrogens is 2. The highest BCUT2D eigenvalue weighted by Crippen LogP contribution is 2.35. The lowest BCUT2D eigenvalue weighted by atomic mass is 10.0. The number of ether oxygens (including phenoxy) is 1. The minimum Gasteiger partial charge on any atom is -0.393 e. The Hall–Kier alpha value is -1.22. The van der Waals surface area contributed by atoms with Gasteiger partial charge in [0.15, 0.2) is 0 Å². The van der Waals surface area contributed by atoms with E-state index in [1.165, 1.54) is 21.8 Å². The maximum Gasteiger partial charge on any atom is 0.330 e. The van der Waals surface area contributed by atoms with Crippen LogP contribution in [0.1, 0.15) is 25.1 Å². The Morgan fingerprint density at radius 3 is 2.90 bits per heavy atom. The average molecular weight is 347 g/mol. The third-order valence-electron chi connectivity index (χ3n) is 3.40. The maximum atomic E-state index is 11.8. The number of hydrogen-bond donors (Lipinski definition) is 3. The van der Waals surface area contributed by atoms with Crippen molar-refractivity contribution in [3.8, 4) is 0 Å². The van der Waals surface area contributed by atoms with Crippen LogP contribution < -0.4 is 11.2 Å². The summed E-state index contributed by atoms with van der Waals surface area (Å²) in [5.41, 5.74) is -1.98. The van der Waals surface area contributed by atoms with E-state index in [2.05, 4.69) is 20.9 Å². The third-order valence-corrected chi connectivity index (χ3v) is 3.66. The van der Waals surface area contributed by atoms with Gasteiger partial charge < -0.3 is 14.9 Å². The smallest absolute Gasteiger partial charge is 0.330 e. The van der Waals surface area contributed by atoms with Crippen LogP contribution in [0, 0.1) is 0 Å². The molecule has 20 heavy (non-hydrogen) atoms. The summed E-state index contributed by atoms with van der Waals surface area (Å²) in [6, 6.07) is 0. The molecule has 0 saturated carbocycles. The van der Waals surface area contributed by atoms with Gasteiger partial charge in [-0.1, -0.05) is 15.9 Å². The summed E-state index contributed by atoms with van der Waals surface area (Å²) in [6.45, 7) is 1.20. The molecule has 0 aromatic carbocycles. The topological polar surface area (TPSA) is 105 Å². The van der Waals surface area contributed by atoms with Crippen LogP contribution in [-0.4, -0.2) is 38.1 Å². The first-order valence-electron chi connectivity index (χ1n) is 6.00. The molecule has 2 rings (SSSR count). The lowest BCUT2D eigenvalue weighted by molar-refractivity contribution is -0.116. The van der Waals surface area contributed by atoms with Crippen molar-refractivity contribution in [2.75, 3.05) is 6.61 Å². The van der Waals surface area contributed by atoms with Crippen molar-refractivity contribution in [3.63, 3.8) is 0 Å². The summed E-state index contributed by atoms with van der Waals surface area (Å²) in [7, 11) is 0. The lowest BCUT2D eigenvalue weighted by Crippen LogP contribution is -2.40. The van der Waals surface area contributed by atoms with Gasteiger partial charge in [0.1, 0.15) is 11.8 Å². The van der Waals surface area contributed by atoms with Crippen LogP contribution in [0.3, 0.4) is 0 Å². The number of aliphatic hydroxyl groups excluding tert-OH is 2. The molecule has 0 spiro atoms. The summed E-state index contributed by atoms with van der Waals surface area (Å²) in [5, 5.41) is 19.2. The van der Waals surface area contributed by atoms with Gasteiger partial charge in [-0.2, -0.15) is 0 Å². The van der Waals surface area contributed by atoms with Crippen LogP contribution in [0.4, 0.5) is 0 Å². The molecule has 3 N–H and O–H groups in total. The Bertz CT molecular complexity index is 637. The van der Waals surface area contributed by atoms with Crippen molar-refractivity contribution in [2.45, 2.75) is 31.3 Å². The van der Waals surface area contributed by atoms with Gasteiger partial charge in [0.05, 0.1) is 18.3 Å². The van der Waals surface area contributed by atoms with Gasteiger partial charge in [-0.05, 0) is 18.0 Å². The molecule has 0 aliphatic carbocycles. The van der Waals surface area contributed by atoms with Crippen LogP contribution >= 0.6 is 15.9 Å². The van der Waals surface area contributed by atoms with Crippen LogP contribution in [0.5, 0.6) is 0 Å². The number of H-pyrrole nitrogens is 1. The molecule has 1 aliphatic rings. The molecule has 0 amide bonds. The molecule has 1 aromatic heterocycles. The van der Waals surface area contributed by atoms with Gasteiger partial charge in [-0.3, -0.25) is 14.3 Å². The first kappa shape index (κ1) is 15.2. The SMILES string of the molecule is C[C@]1(CO)O[C@@H](n2cc(/C=C/Br)c(=O)[nH]c2=O)C[C@@H]1O. The first-order chi connectivity index (χ1) is 9.41. The molecule has 7 nitrogen and oxygen atoms in total. The van der Waals surface area contributed by atoms with E-state index < -0.39 is 29.2 Å². The molecule has 1 saturated heterocycles. The van der Waals surface area contributed by atoms with Crippen molar-refractivity contribution in [1.82, 2.24) is 9.55 Å². The molecule has 2 heterocycles. The van der Waals surface area contributed by atoms with Crippen molar-refractivity contribution < 1.29 is 14.9 Å². The van der Waals surface area contributed by atoms with E-state index in [1.54, 1.807) is 6.92 Å². The number of rotatable bonds is 3. The lowest BCUT2D eigenvalue weighted by Gasteiger charge is -2.25. The van der Waals surface area contributed by atoms with Gasteiger partial charge in [0, 0.05) is 12.6 Å². The van der Waals surface area contributed by atoms with Gasteiger partial charge in [0.25, 0.3) is 5.56 Å². The van der Waals surface area contributed by atoms with Gasteiger partial charge >= 0.3 is 5.69 Å². The minimum atomic E-state index is -1.12. The molecule has 3 atom stereocenters. The van der Waals surface area contributed by atoms with E-state index in [1.807, 2.05) is 0 Å². The van der Waals surface area contributed by atoms with Crippen molar-refractivity contribution >= 4 is 22.0 Å². The van der Waals surface area contributed by atoms with Gasteiger partial charge in [0.2, 0.25) is 0 Å². The highest BCUT2D eigenvalue weighted by Gasteiger charge is 2.45. The Balaban J connectivity index is 2.42. The summed E-state index contributed by atoms with van der Waals surface area (Å²) < 4.78 is 6.76. The molecule has 0 radical (unpaired) electrons. The average Bonchev–Trinajstić information content (AvgIpc) is 2.70. The van der Waals surface area contributed by atoms with Crippen LogP contribution in [0.15, 0.2) is 20.8 Å². The fourth-order valence-electron chi connectivity index (χ4n) is 2.09. The van der Waals surface area contributed by atoms with E-state index in [-0.39, 0.29) is 18.6 Å². The number of halogens is 1. The number of nitrogens with one attached hydrogen (secondary N) is 1. The molecule has 8 heteroatoms. The van der Waals surface area contributed by atoms with Gasteiger partial charge in [-0.25, -0.2) is 4.79 Å². The molecule has 1 aliphatic heterocycles. The number of nitrogens with zero attached hydrogens (tertiary/aromatic N) is 1. The highest BCUT2D eigenvalue weighted by atomic mass is 79.9. The Morgan fingerprint density at radius 2 is 2.35 bits per heavy atom. The van der Waals surface area contributed by atoms with Gasteiger partial charge in [-0.15, -0.1) is 0 Å². The van der Waals surface area contributed by atoms with E-state index in [9.17, 15) is 19.8 Å². The highest BCUT2D eigenvalue weighted by molar-refractivity contribution is 9.11. The Morgan fingerprint density at radius 1 is 1.65 bits per heavy atom. The molecule has 0 unspecified atom stereocenters. The molecule has 1 fully saturated rings. The Kier molecular flexibility index (Phi) is 4.28. The minimum absolute atomic E-state index is 0.153. The first-order valence-corrected chi connectivity index (χ1v) is 6.92. The van der Waals surface area contributed by atoms with E-state index in [0.29, 0.717) is 0 Å². The van der Waals surface area contributed by atoms with Crippen LogP contribution in [0.25, 0.3) is 6.08 Å². The molecule has 0 bridgehead atoms. The fraction of sp³-hybridized carbons (Fsp3) is 0.500. The van der Waals surface area contributed by atoms with Crippen LogP contribution in [-0.2, 0) is 4.74 Å². The van der Waals surface area contributed by atoms with E-state index in [0.717, 1.165) is 0 Å². The zero-order valence-corrected chi connectivity index (χ0v) is 12.3. The molecule has 110 valence electrons. The summed E-state index contributed by atoms with van der Waals surface area (Å²) in [5.74, 6) is 0. The maximum absolute atomic E-state index is 11.8. The Labute approximate surface area is 122 Å². The second-order valence-electron chi connectivity index (χ2n) is 4.84. The summed E-state index contributed by atoms with van der Waals surface area (Å²) in [4.78, 5) is 27.1. The quantitative estimate of drug-likeness (QED) is 0.710. The number of aromatic amines is 1. The zero-order chi connectivity index (χ0) is 14.9. The predicted octanol–water partition coefficient (Wildman–Crippen LogP) is -0.0670. The summed E-state index contributed by atoms with van der Waals surface area (Å²) >= 11 is 3.06. The summed E-state index contributed by atoms with van der Waals surface area (Å²) in [6.07, 6.45) is 1.37. The van der Waals surface area contributed by atoms with Crippen molar-refractivity contribution in [2.24, 2.45) is 0 Å². The number of hydrogen-bond acceptors (Lipinski definition) is 5. The van der Waals surface area contributed by atoms with Crippen molar-refractivity contribution in [3.05, 3.63) is 37.6 Å². The monoisotopic (exact) mass is 346 g/mol. The second-order valence-corrected chi connectivity index (χ2v) is 5.37. The van der Waals surface area contributed by atoms with Crippen molar-refractivity contribution in [1.29, 1.82) is 0 Å². The zero-order valence-electron chi connectivity index (χ0n) is 10.7. The molecule has 1 aromatic rings. The largest absolute Gasteiger partial charge is 0.393 e. The van der Waals surface area contributed by atoms with Crippen LogP contribution in [0.2, 0.25) is 0 Å². The third kappa shape index (κ3) is 2.64. The fourth-order valence-corrected chi connectivity index (χ4v) is 2.38. The number of aliphatic hydroxyl groups is 2. The van der Waals surface area contributed by atoms with E-state index >= 15 is 0 Å². The standard InChI is InChI=1S/C12H15BrN2O5/c1-12(6-16)8(17)4-9(20-12)15-5-7(2-3-13)10(18)14-11(15)19/h2-3,5,8-9,16-17H,4,6H2,1H3,(H,14,18,19)/b3-2+/t8-,9+,12+/m0/s1. The van der Waals surface area contributed by atoms with E-state index in [4.69, 9.17) is 4.74 Å². The molecular formula is C12H15BrN2O5. The normalized spacial score (nSPS) is 30.2. The molecular weight excluding hydrogens is 332 g/mol. The predicted molar refractivity (Wildman–Crippen MR) is 75.5 cm³/mol.